The minimum atomic E-state index is -0.434. The third kappa shape index (κ3) is 4.19. The molecule has 30 heavy (non-hydrogen) atoms. The van der Waals surface area contributed by atoms with E-state index in [1.54, 1.807) is 7.11 Å². The van der Waals surface area contributed by atoms with E-state index in [0.29, 0.717) is 17.5 Å². The summed E-state index contributed by atoms with van der Waals surface area (Å²) >= 11 is 0. The molecule has 2 aliphatic rings. The van der Waals surface area contributed by atoms with Crippen LogP contribution in [-0.2, 0) is 9.47 Å². The van der Waals surface area contributed by atoms with Gasteiger partial charge < -0.3 is 20.1 Å². The number of benzene rings is 1. The molecule has 160 valence electrons. The molecular formula is C23H31N4O3+. The smallest absolute Gasteiger partial charge is 0.356 e. The molecule has 0 spiro atoms. The molecule has 1 aromatic heterocycles. The third-order valence-corrected chi connectivity index (χ3v) is 6.25. The van der Waals surface area contributed by atoms with Crippen LogP contribution in [0.5, 0.6) is 0 Å². The summed E-state index contributed by atoms with van der Waals surface area (Å²) in [5, 5.41) is 2.02. The quantitative estimate of drug-likeness (QED) is 0.511. The average molecular weight is 412 g/mol. The molecule has 1 aliphatic carbocycles. The van der Waals surface area contributed by atoms with Crippen LogP contribution < -0.4 is 16.0 Å². The Morgan fingerprint density at radius 1 is 1.27 bits per heavy atom. The first-order valence-corrected chi connectivity index (χ1v) is 10.6. The number of hydrogen-bond donors (Lipinski definition) is 2. The van der Waals surface area contributed by atoms with Crippen molar-refractivity contribution in [3.8, 4) is 0 Å². The molecule has 1 aliphatic heterocycles. The molecule has 1 saturated heterocycles. The maximum absolute atomic E-state index is 12.4. The van der Waals surface area contributed by atoms with Crippen molar-refractivity contribution >= 4 is 23.2 Å². The summed E-state index contributed by atoms with van der Waals surface area (Å²) < 4.78 is 10.3. The number of rotatable bonds is 8. The maximum Gasteiger partial charge on any atom is 0.356 e. The highest BCUT2D eigenvalue weighted by Crippen LogP contribution is 2.43. The number of quaternary nitrogens is 1. The fourth-order valence-electron chi connectivity index (χ4n) is 4.33. The van der Waals surface area contributed by atoms with E-state index >= 15 is 0 Å². The van der Waals surface area contributed by atoms with Crippen molar-refractivity contribution < 1.29 is 19.6 Å². The molecule has 7 nitrogen and oxygen atoms in total. The van der Waals surface area contributed by atoms with Crippen molar-refractivity contribution in [1.82, 2.24) is 4.98 Å². The molecule has 1 aromatic carbocycles. The van der Waals surface area contributed by atoms with Gasteiger partial charge in [-0.25, -0.2) is 4.79 Å². The van der Waals surface area contributed by atoms with Gasteiger partial charge >= 0.3 is 5.97 Å². The van der Waals surface area contributed by atoms with Crippen LogP contribution in [0.25, 0.3) is 0 Å². The second-order valence-corrected chi connectivity index (χ2v) is 8.32. The summed E-state index contributed by atoms with van der Waals surface area (Å²) in [6.45, 7) is 2.50. The molecule has 4 N–H and O–H groups in total. The van der Waals surface area contributed by atoms with Crippen LogP contribution >= 0.6 is 0 Å². The molecule has 0 amide bonds. The van der Waals surface area contributed by atoms with Gasteiger partial charge in [0.15, 0.2) is 5.69 Å². The highest BCUT2D eigenvalue weighted by Gasteiger charge is 2.37. The standard InChI is InChI=1S/C23H30N4O3/c1-29-14-15-12-27(13-15)19-11-18(23(28)30-2)26-22(25-17-9-4-3-5-10-17)20(19)21(24)16-7-6-8-16/h3-5,9-11,15-16,21H,6-8,12-14,24H2,1-2H3,(H,25,26)/p+1. The van der Waals surface area contributed by atoms with Crippen LogP contribution in [-0.4, -0.2) is 44.9 Å². The zero-order chi connectivity index (χ0) is 21.1. The van der Waals surface area contributed by atoms with Gasteiger partial charge in [0, 0.05) is 32.2 Å². The van der Waals surface area contributed by atoms with Crippen molar-refractivity contribution in [3.05, 3.63) is 47.7 Å². The van der Waals surface area contributed by atoms with Crippen molar-refractivity contribution in [2.75, 3.05) is 38.8 Å². The first-order chi connectivity index (χ1) is 14.6. The molecule has 2 fully saturated rings. The zero-order valence-corrected chi connectivity index (χ0v) is 17.7. The minimum Gasteiger partial charge on any atom is -0.464 e. The van der Waals surface area contributed by atoms with E-state index in [1.807, 2.05) is 41.7 Å². The van der Waals surface area contributed by atoms with Crippen LogP contribution in [0.4, 0.5) is 17.2 Å². The van der Waals surface area contributed by atoms with E-state index < -0.39 is 5.97 Å². The number of carbonyl (C=O) groups excluding carboxylic acids is 1. The van der Waals surface area contributed by atoms with Crippen molar-refractivity contribution in [3.63, 3.8) is 0 Å². The summed E-state index contributed by atoms with van der Waals surface area (Å²) in [5.74, 6) is 1.26. The number of methoxy groups -OCH3 is 2. The Morgan fingerprint density at radius 3 is 2.60 bits per heavy atom. The molecule has 2 aromatic rings. The summed E-state index contributed by atoms with van der Waals surface area (Å²) in [4.78, 5) is 19.4. The first kappa shape index (κ1) is 20.8. The number of para-hydroxylation sites is 1. The Morgan fingerprint density at radius 2 is 2.00 bits per heavy atom. The van der Waals surface area contributed by atoms with Gasteiger partial charge in [-0.15, -0.1) is 0 Å². The van der Waals surface area contributed by atoms with E-state index in [4.69, 9.17) is 20.2 Å². The number of hydrogen-bond acceptors (Lipinski definition) is 6. The van der Waals surface area contributed by atoms with E-state index in [2.05, 4.69) is 4.90 Å². The monoisotopic (exact) mass is 411 g/mol. The molecular weight excluding hydrogens is 380 g/mol. The molecule has 0 bridgehead atoms. The van der Waals surface area contributed by atoms with Gasteiger partial charge in [-0.3, -0.25) is 5.32 Å². The lowest BCUT2D eigenvalue weighted by molar-refractivity contribution is -0.483. The number of carbonyl (C=O) groups is 1. The number of nitrogens with two attached hydrogens (primary N) is 2. The Balaban J connectivity index is 1.76. The van der Waals surface area contributed by atoms with Crippen LogP contribution in [0, 0.1) is 11.8 Å². The zero-order valence-electron chi connectivity index (χ0n) is 17.7. The largest absolute Gasteiger partial charge is 0.464 e. The van der Waals surface area contributed by atoms with Gasteiger partial charge in [-0.1, -0.05) is 24.6 Å². The van der Waals surface area contributed by atoms with Gasteiger partial charge in [0.2, 0.25) is 5.82 Å². The summed E-state index contributed by atoms with van der Waals surface area (Å²) in [6, 6.07) is 11.8. The van der Waals surface area contributed by atoms with Crippen LogP contribution in [0.15, 0.2) is 36.4 Å². The predicted octanol–water partition coefficient (Wildman–Crippen LogP) is 2.28. The van der Waals surface area contributed by atoms with Crippen molar-refractivity contribution in [2.24, 2.45) is 17.6 Å². The van der Waals surface area contributed by atoms with Gasteiger partial charge in [0.05, 0.1) is 25.0 Å². The predicted molar refractivity (Wildman–Crippen MR) is 115 cm³/mol. The van der Waals surface area contributed by atoms with Gasteiger partial charge in [0.25, 0.3) is 0 Å². The number of pyridine rings is 1. The Bertz CT molecular complexity index is 880. The second-order valence-electron chi connectivity index (χ2n) is 8.32. The Hall–Kier alpha value is -2.48. The molecule has 2 heterocycles. The lowest BCUT2D eigenvalue weighted by atomic mass is 9.77. The highest BCUT2D eigenvalue weighted by molar-refractivity contribution is 5.89. The molecule has 1 atom stereocenters. The van der Waals surface area contributed by atoms with Crippen molar-refractivity contribution in [2.45, 2.75) is 25.3 Å². The van der Waals surface area contributed by atoms with Crippen LogP contribution in [0.1, 0.15) is 41.4 Å². The summed E-state index contributed by atoms with van der Waals surface area (Å²) in [5.41, 5.74) is 10.2. The van der Waals surface area contributed by atoms with Crippen molar-refractivity contribution in [1.29, 1.82) is 0 Å². The van der Waals surface area contributed by atoms with Crippen LogP contribution in [0.2, 0.25) is 0 Å². The number of anilines is 1. The number of esters is 1. The number of aromatic nitrogens is 1. The first-order valence-electron chi connectivity index (χ1n) is 10.6. The van der Waals surface area contributed by atoms with Gasteiger partial charge in [-0.05, 0) is 37.0 Å². The summed E-state index contributed by atoms with van der Waals surface area (Å²) in [7, 11) is 3.12. The van der Waals surface area contributed by atoms with E-state index in [9.17, 15) is 4.79 Å². The average Bonchev–Trinajstić information content (AvgIpc) is 2.68. The van der Waals surface area contributed by atoms with Gasteiger partial charge in [-0.2, -0.15) is 4.98 Å². The SMILES string of the molecule is COCC1CN(c2cc(C(=O)OC)nc([NH2+]c3ccccc3)c2C(N)C2CCC2)C1. The lowest BCUT2D eigenvalue weighted by Crippen LogP contribution is -2.72. The second kappa shape index (κ2) is 9.12. The van der Waals surface area contributed by atoms with Gasteiger partial charge in [0.1, 0.15) is 5.69 Å². The van der Waals surface area contributed by atoms with E-state index in [1.165, 1.54) is 13.5 Å². The Kier molecular flexibility index (Phi) is 6.32. The fraction of sp³-hybridized carbons (Fsp3) is 0.478. The fourth-order valence-corrected chi connectivity index (χ4v) is 4.33. The highest BCUT2D eigenvalue weighted by atomic mass is 16.5. The maximum atomic E-state index is 12.4. The van der Waals surface area contributed by atoms with E-state index in [0.717, 1.165) is 55.3 Å². The number of ether oxygens (including phenoxy) is 2. The summed E-state index contributed by atoms with van der Waals surface area (Å²) in [6.07, 6.45) is 3.49. The van der Waals surface area contributed by atoms with E-state index in [-0.39, 0.29) is 6.04 Å². The molecule has 1 saturated carbocycles. The normalized spacial score (nSPS) is 17.9. The third-order valence-electron chi connectivity index (χ3n) is 6.25. The molecule has 0 radical (unpaired) electrons. The number of nitrogens with zero attached hydrogens (tertiary/aromatic N) is 2. The molecule has 7 heteroatoms. The molecule has 4 rings (SSSR count). The topological polar surface area (TPSA) is 94.3 Å². The molecule has 1 unspecified atom stereocenters. The lowest BCUT2D eigenvalue weighted by Gasteiger charge is -2.43. The van der Waals surface area contributed by atoms with Crippen LogP contribution in [0.3, 0.4) is 0 Å². The minimum absolute atomic E-state index is 0.107. The Labute approximate surface area is 177 Å².